The largest absolute Gasteiger partial charge is 0.493 e. The normalized spacial score (nSPS) is 11.0. The fourth-order valence-electron chi connectivity index (χ4n) is 4.34. The zero-order valence-electron chi connectivity index (χ0n) is 23.0. The molecule has 10 heteroatoms. The van der Waals surface area contributed by atoms with Gasteiger partial charge in [-0.3, -0.25) is 0 Å². The summed E-state index contributed by atoms with van der Waals surface area (Å²) in [4.78, 5) is 20.5. The van der Waals surface area contributed by atoms with Gasteiger partial charge < -0.3 is 19.1 Å². The fraction of sp³-hybridized carbons (Fsp3) is 0.276. The topological polar surface area (TPSA) is 100 Å². The van der Waals surface area contributed by atoms with Gasteiger partial charge >= 0.3 is 0 Å². The molecule has 0 aliphatic heterocycles. The van der Waals surface area contributed by atoms with Crippen molar-refractivity contribution < 1.29 is 14.2 Å². The number of rotatable bonds is 9. The Bertz CT molecular complexity index is 1630. The van der Waals surface area contributed by atoms with Crippen molar-refractivity contribution in [3.63, 3.8) is 0 Å². The minimum absolute atomic E-state index is 0.278. The van der Waals surface area contributed by atoms with E-state index in [2.05, 4.69) is 23.0 Å². The maximum atomic E-state index is 6.09. The van der Waals surface area contributed by atoms with Crippen LogP contribution in [0.2, 0.25) is 0 Å². The number of benzene rings is 2. The molecular weight excluding hydrogens is 494 g/mol. The lowest BCUT2D eigenvalue weighted by Gasteiger charge is -2.11. The minimum atomic E-state index is 0.278. The van der Waals surface area contributed by atoms with Crippen LogP contribution in [0.25, 0.3) is 16.7 Å². The van der Waals surface area contributed by atoms with Gasteiger partial charge in [0.2, 0.25) is 11.8 Å². The van der Waals surface area contributed by atoms with Crippen LogP contribution in [-0.2, 0) is 13.0 Å². The van der Waals surface area contributed by atoms with E-state index in [1.165, 1.54) is 0 Å². The molecule has 0 aliphatic carbocycles. The van der Waals surface area contributed by atoms with E-state index in [9.17, 15) is 0 Å². The zero-order chi connectivity index (χ0) is 27.5. The summed E-state index contributed by atoms with van der Waals surface area (Å²) in [5.74, 6) is 4.16. The summed E-state index contributed by atoms with van der Waals surface area (Å²) in [6.07, 6.45) is 0.501. The van der Waals surface area contributed by atoms with E-state index in [-0.39, 0.29) is 6.61 Å². The molecule has 0 saturated carbocycles. The fourth-order valence-corrected chi connectivity index (χ4v) is 4.34. The highest BCUT2D eigenvalue weighted by atomic mass is 16.5. The lowest BCUT2D eigenvalue weighted by molar-refractivity contribution is 0.288. The van der Waals surface area contributed by atoms with Gasteiger partial charge in [-0.15, -0.1) is 5.10 Å². The first-order chi connectivity index (χ1) is 18.8. The quantitative estimate of drug-likeness (QED) is 0.276. The van der Waals surface area contributed by atoms with Crippen LogP contribution in [0.3, 0.4) is 0 Å². The van der Waals surface area contributed by atoms with Crippen LogP contribution in [0.1, 0.15) is 28.5 Å². The molecule has 0 amide bonds. The molecule has 5 aromatic rings. The first-order valence-electron chi connectivity index (χ1n) is 12.5. The molecule has 5 rings (SSSR count). The average Bonchev–Trinajstić information content (AvgIpc) is 3.36. The number of hydrogen-bond acceptors (Lipinski definition) is 9. The summed E-state index contributed by atoms with van der Waals surface area (Å²) in [6, 6.07) is 17.7. The second-order valence-corrected chi connectivity index (χ2v) is 9.35. The van der Waals surface area contributed by atoms with Crippen molar-refractivity contribution in [1.29, 1.82) is 0 Å². The Balaban J connectivity index is 1.45. The van der Waals surface area contributed by atoms with Crippen molar-refractivity contribution in [1.82, 2.24) is 29.7 Å². The zero-order valence-corrected chi connectivity index (χ0v) is 23.0. The molecule has 0 aliphatic rings. The number of nitrogens with zero attached hydrogens (tertiary/aromatic N) is 7. The average molecular weight is 526 g/mol. The smallest absolute Gasteiger partial charge is 0.244 e. The summed E-state index contributed by atoms with van der Waals surface area (Å²) in [6.45, 7) is 4.18. The third-order valence-electron chi connectivity index (χ3n) is 6.24. The molecule has 0 radical (unpaired) electrons. The van der Waals surface area contributed by atoms with Gasteiger partial charge in [0.15, 0.2) is 17.3 Å². The molecule has 200 valence electrons. The van der Waals surface area contributed by atoms with Gasteiger partial charge in [0.05, 0.1) is 25.4 Å². The molecule has 10 nitrogen and oxygen atoms in total. The molecule has 0 saturated heterocycles. The molecule has 0 N–H and O–H groups in total. The minimum Gasteiger partial charge on any atom is -0.493 e. The van der Waals surface area contributed by atoms with Gasteiger partial charge in [-0.2, -0.15) is 14.6 Å². The third-order valence-corrected chi connectivity index (χ3v) is 6.24. The highest BCUT2D eigenvalue weighted by Gasteiger charge is 2.17. The van der Waals surface area contributed by atoms with Gasteiger partial charge in [-0.25, -0.2) is 9.97 Å². The van der Waals surface area contributed by atoms with E-state index in [0.717, 1.165) is 27.7 Å². The van der Waals surface area contributed by atoms with Crippen molar-refractivity contribution in [2.24, 2.45) is 0 Å². The van der Waals surface area contributed by atoms with E-state index < -0.39 is 0 Å². The molecule has 0 atom stereocenters. The van der Waals surface area contributed by atoms with Crippen molar-refractivity contribution in [2.45, 2.75) is 26.9 Å². The maximum absolute atomic E-state index is 6.09. The third kappa shape index (κ3) is 5.59. The van der Waals surface area contributed by atoms with Crippen molar-refractivity contribution in [3.05, 3.63) is 83.1 Å². The summed E-state index contributed by atoms with van der Waals surface area (Å²) < 4.78 is 18.7. The number of fused-ring (bicyclic) bond motifs is 1. The number of methoxy groups -OCH3 is 2. The number of ether oxygens (including phenoxy) is 3. The van der Waals surface area contributed by atoms with Crippen LogP contribution in [0.5, 0.6) is 17.4 Å². The number of para-hydroxylation sites is 1. The predicted molar refractivity (Wildman–Crippen MR) is 149 cm³/mol. The van der Waals surface area contributed by atoms with Crippen molar-refractivity contribution in [2.75, 3.05) is 33.2 Å². The highest BCUT2D eigenvalue weighted by Crippen LogP contribution is 2.29. The number of hydrogen-bond donors (Lipinski definition) is 0. The molecule has 3 heterocycles. The van der Waals surface area contributed by atoms with Crippen LogP contribution in [0.4, 0.5) is 5.95 Å². The molecule has 0 spiro atoms. The van der Waals surface area contributed by atoms with Crippen LogP contribution in [0.15, 0.2) is 54.6 Å². The van der Waals surface area contributed by atoms with Crippen LogP contribution in [-0.4, -0.2) is 58.0 Å². The standard InChI is InChI=1S/C29H31N7O3/c1-18-13-21(32-23-10-8-7-9-22(18)23)17-39-28-16-27(30-19(2)31-28)36-26(33-29(34-36)35(3)4)15-20-11-12-24(37-5)25(14-20)38-6/h7-14,16H,15,17H2,1-6H3. The molecule has 2 aromatic carbocycles. The van der Waals surface area contributed by atoms with Gasteiger partial charge in [-0.1, -0.05) is 24.3 Å². The second-order valence-electron chi connectivity index (χ2n) is 9.35. The number of aryl methyl sites for hydroxylation is 2. The Labute approximate surface area is 227 Å². The molecular formula is C29H31N7O3. The summed E-state index contributed by atoms with van der Waals surface area (Å²) in [7, 11) is 7.04. The van der Waals surface area contributed by atoms with E-state index >= 15 is 0 Å². The Morgan fingerprint density at radius 2 is 1.64 bits per heavy atom. The first kappa shape index (κ1) is 25.9. The lowest BCUT2D eigenvalue weighted by Crippen LogP contribution is -2.11. The molecule has 3 aromatic heterocycles. The van der Waals surface area contributed by atoms with Crippen LogP contribution in [0, 0.1) is 13.8 Å². The van der Waals surface area contributed by atoms with E-state index in [1.54, 1.807) is 25.0 Å². The van der Waals surface area contributed by atoms with Crippen LogP contribution < -0.4 is 19.1 Å². The first-order valence-corrected chi connectivity index (χ1v) is 12.5. The van der Waals surface area contributed by atoms with Crippen molar-refractivity contribution >= 4 is 16.9 Å². The van der Waals surface area contributed by atoms with Gasteiger partial charge in [0.1, 0.15) is 18.3 Å². The number of anilines is 1. The number of aromatic nitrogens is 6. The highest BCUT2D eigenvalue weighted by molar-refractivity contribution is 5.82. The molecule has 0 fully saturated rings. The van der Waals surface area contributed by atoms with Crippen molar-refractivity contribution in [3.8, 4) is 23.2 Å². The Morgan fingerprint density at radius 1 is 0.846 bits per heavy atom. The Kier molecular flexibility index (Phi) is 7.27. The van der Waals surface area contributed by atoms with E-state index in [1.807, 2.05) is 68.4 Å². The number of pyridine rings is 1. The van der Waals surface area contributed by atoms with Crippen LogP contribution >= 0.6 is 0 Å². The van der Waals surface area contributed by atoms with Gasteiger partial charge in [-0.05, 0) is 49.2 Å². The van der Waals surface area contributed by atoms with Gasteiger partial charge in [0, 0.05) is 32.0 Å². The Morgan fingerprint density at radius 3 is 2.41 bits per heavy atom. The summed E-state index contributed by atoms with van der Waals surface area (Å²) in [5, 5.41) is 5.85. The SMILES string of the molecule is COc1ccc(Cc2nc(N(C)C)nn2-c2cc(OCc3cc(C)c4ccccc4n3)nc(C)n2)cc1OC. The van der Waals surface area contributed by atoms with E-state index in [0.29, 0.717) is 47.2 Å². The summed E-state index contributed by atoms with van der Waals surface area (Å²) in [5.41, 5.74) is 3.91. The Hall–Kier alpha value is -4.73. The predicted octanol–water partition coefficient (Wildman–Crippen LogP) is 4.48. The molecule has 0 bridgehead atoms. The lowest BCUT2D eigenvalue weighted by atomic mass is 10.1. The second kappa shape index (κ2) is 10.9. The van der Waals surface area contributed by atoms with E-state index in [4.69, 9.17) is 29.3 Å². The summed E-state index contributed by atoms with van der Waals surface area (Å²) >= 11 is 0. The molecule has 39 heavy (non-hydrogen) atoms. The maximum Gasteiger partial charge on any atom is 0.244 e. The monoisotopic (exact) mass is 525 g/mol. The van der Waals surface area contributed by atoms with Gasteiger partial charge in [0.25, 0.3) is 0 Å². The molecule has 0 unspecified atom stereocenters.